The lowest BCUT2D eigenvalue weighted by atomic mass is 10.1. The van der Waals surface area contributed by atoms with Gasteiger partial charge in [-0.1, -0.05) is 51.8 Å². The second-order valence-electron chi connectivity index (χ2n) is 6.65. The molecule has 0 fully saturated rings. The third-order valence-electron chi connectivity index (χ3n) is 4.39. The molecule has 0 aliphatic heterocycles. The maximum Gasteiger partial charge on any atom is 0.266 e. The van der Waals surface area contributed by atoms with Crippen LogP contribution in [0.2, 0.25) is 5.02 Å². The zero-order valence-corrected chi connectivity index (χ0v) is 19.6. The topological polar surface area (TPSA) is 71.3 Å². The standard InChI is InChI=1S/C25H20BrClN2O3/c1-2-31-24-14-17(7-12-23(24)32-16-18-5-3-4-6-22(18)27)13-19(15-28)25(30)29-21-10-8-20(26)9-11-21/h3-14H,2,16H2,1H3,(H,29,30)/b19-13-. The average molecular weight is 512 g/mol. The molecule has 5 nitrogen and oxygen atoms in total. The van der Waals surface area contributed by atoms with Crippen LogP contribution in [0.3, 0.4) is 0 Å². The highest BCUT2D eigenvalue weighted by Gasteiger charge is 2.12. The largest absolute Gasteiger partial charge is 0.490 e. The molecule has 1 N–H and O–H groups in total. The molecule has 3 aromatic rings. The molecule has 162 valence electrons. The molecule has 32 heavy (non-hydrogen) atoms. The quantitative estimate of drug-likeness (QED) is 0.272. The minimum absolute atomic E-state index is 0.0277. The van der Waals surface area contributed by atoms with Crippen molar-refractivity contribution in [2.24, 2.45) is 0 Å². The molecule has 0 saturated carbocycles. The summed E-state index contributed by atoms with van der Waals surface area (Å²) < 4.78 is 12.5. The Labute approximate surface area is 200 Å². The first-order valence-electron chi connectivity index (χ1n) is 9.82. The fourth-order valence-electron chi connectivity index (χ4n) is 2.82. The Morgan fingerprint density at radius 3 is 2.53 bits per heavy atom. The highest BCUT2D eigenvalue weighted by molar-refractivity contribution is 9.10. The average Bonchev–Trinajstić information content (AvgIpc) is 2.79. The van der Waals surface area contributed by atoms with E-state index in [1.807, 2.05) is 31.2 Å². The molecule has 0 bridgehead atoms. The Bertz CT molecular complexity index is 1170. The molecule has 0 aromatic heterocycles. The number of halogens is 2. The number of ether oxygens (including phenoxy) is 2. The third kappa shape index (κ3) is 6.36. The number of amides is 1. The third-order valence-corrected chi connectivity index (χ3v) is 5.28. The highest BCUT2D eigenvalue weighted by atomic mass is 79.9. The summed E-state index contributed by atoms with van der Waals surface area (Å²) in [5.41, 5.74) is 2.07. The number of benzene rings is 3. The molecular weight excluding hydrogens is 492 g/mol. The van der Waals surface area contributed by atoms with Crippen LogP contribution in [-0.2, 0) is 11.4 Å². The number of carbonyl (C=O) groups is 1. The van der Waals surface area contributed by atoms with Gasteiger partial charge < -0.3 is 14.8 Å². The van der Waals surface area contributed by atoms with E-state index in [1.165, 1.54) is 6.08 Å². The number of nitrogens with zero attached hydrogens (tertiary/aromatic N) is 1. The van der Waals surface area contributed by atoms with E-state index in [1.54, 1.807) is 48.5 Å². The maximum atomic E-state index is 12.5. The predicted octanol–water partition coefficient (Wildman–Crippen LogP) is 6.63. The van der Waals surface area contributed by atoms with E-state index in [9.17, 15) is 10.1 Å². The van der Waals surface area contributed by atoms with Crippen LogP contribution in [-0.4, -0.2) is 12.5 Å². The van der Waals surface area contributed by atoms with Crippen molar-refractivity contribution in [1.29, 1.82) is 5.26 Å². The number of rotatable bonds is 8. The Balaban J connectivity index is 1.78. The normalized spacial score (nSPS) is 10.9. The molecule has 3 rings (SSSR count). The summed E-state index contributed by atoms with van der Waals surface area (Å²) in [4.78, 5) is 12.5. The lowest BCUT2D eigenvalue weighted by Gasteiger charge is -2.13. The van der Waals surface area contributed by atoms with Gasteiger partial charge in [-0.2, -0.15) is 5.26 Å². The number of hydrogen-bond acceptors (Lipinski definition) is 4. The number of carbonyl (C=O) groups excluding carboxylic acids is 1. The summed E-state index contributed by atoms with van der Waals surface area (Å²) in [6.45, 7) is 2.59. The van der Waals surface area contributed by atoms with Gasteiger partial charge in [0.15, 0.2) is 11.5 Å². The minimum atomic E-state index is -0.494. The number of anilines is 1. The summed E-state index contributed by atoms with van der Waals surface area (Å²) in [7, 11) is 0. The van der Waals surface area contributed by atoms with Crippen LogP contribution >= 0.6 is 27.5 Å². The second-order valence-corrected chi connectivity index (χ2v) is 7.97. The van der Waals surface area contributed by atoms with E-state index in [0.29, 0.717) is 34.4 Å². The smallest absolute Gasteiger partial charge is 0.266 e. The van der Waals surface area contributed by atoms with Gasteiger partial charge in [-0.25, -0.2) is 0 Å². The predicted molar refractivity (Wildman–Crippen MR) is 130 cm³/mol. The van der Waals surface area contributed by atoms with Crippen LogP contribution in [0, 0.1) is 11.3 Å². The van der Waals surface area contributed by atoms with E-state index < -0.39 is 5.91 Å². The van der Waals surface area contributed by atoms with Crippen LogP contribution in [0.5, 0.6) is 11.5 Å². The van der Waals surface area contributed by atoms with Gasteiger partial charge in [0.1, 0.15) is 18.2 Å². The molecule has 0 spiro atoms. The van der Waals surface area contributed by atoms with E-state index >= 15 is 0 Å². The van der Waals surface area contributed by atoms with Gasteiger partial charge in [0, 0.05) is 20.7 Å². The van der Waals surface area contributed by atoms with Crippen molar-refractivity contribution < 1.29 is 14.3 Å². The van der Waals surface area contributed by atoms with Gasteiger partial charge in [0.05, 0.1) is 6.61 Å². The van der Waals surface area contributed by atoms with E-state index in [2.05, 4.69) is 21.2 Å². The Morgan fingerprint density at radius 2 is 1.84 bits per heavy atom. The van der Waals surface area contributed by atoms with Gasteiger partial charge in [0.25, 0.3) is 5.91 Å². The molecule has 0 radical (unpaired) electrons. The van der Waals surface area contributed by atoms with Crippen molar-refractivity contribution in [3.8, 4) is 17.6 Å². The van der Waals surface area contributed by atoms with Crippen LogP contribution in [0.1, 0.15) is 18.1 Å². The molecule has 7 heteroatoms. The van der Waals surface area contributed by atoms with Crippen molar-refractivity contribution in [3.63, 3.8) is 0 Å². The lowest BCUT2D eigenvalue weighted by molar-refractivity contribution is -0.112. The molecule has 0 atom stereocenters. The van der Waals surface area contributed by atoms with Gasteiger partial charge in [-0.05, 0) is 61.0 Å². The molecule has 0 unspecified atom stereocenters. The summed E-state index contributed by atoms with van der Waals surface area (Å²) >= 11 is 9.54. The van der Waals surface area contributed by atoms with Crippen molar-refractivity contribution in [2.75, 3.05) is 11.9 Å². The first kappa shape index (κ1) is 23.4. The molecule has 3 aromatic carbocycles. The highest BCUT2D eigenvalue weighted by Crippen LogP contribution is 2.31. The molecule has 1 amide bonds. The van der Waals surface area contributed by atoms with E-state index in [0.717, 1.165) is 10.0 Å². The molecule has 0 saturated heterocycles. The first-order valence-corrected chi connectivity index (χ1v) is 11.0. The monoisotopic (exact) mass is 510 g/mol. The van der Waals surface area contributed by atoms with Crippen molar-refractivity contribution in [2.45, 2.75) is 13.5 Å². The SMILES string of the molecule is CCOc1cc(/C=C(/C#N)C(=O)Nc2ccc(Br)cc2)ccc1OCc1ccccc1Cl. The lowest BCUT2D eigenvalue weighted by Crippen LogP contribution is -2.13. The fourth-order valence-corrected chi connectivity index (χ4v) is 3.27. The number of nitrogens with one attached hydrogen (secondary N) is 1. The second kappa shape index (κ2) is 11.4. The molecule has 0 heterocycles. The summed E-state index contributed by atoms with van der Waals surface area (Å²) in [5, 5.41) is 12.8. The Kier molecular flexibility index (Phi) is 8.32. The Morgan fingerprint density at radius 1 is 1.09 bits per heavy atom. The van der Waals surface area contributed by atoms with Crippen molar-refractivity contribution in [1.82, 2.24) is 0 Å². The Hall–Kier alpha value is -3.27. The molecule has 0 aliphatic carbocycles. The molecule has 0 aliphatic rings. The van der Waals surface area contributed by atoms with Crippen LogP contribution in [0.4, 0.5) is 5.69 Å². The number of hydrogen-bond donors (Lipinski definition) is 1. The van der Waals surface area contributed by atoms with Gasteiger partial charge in [0.2, 0.25) is 0 Å². The van der Waals surface area contributed by atoms with E-state index in [-0.39, 0.29) is 12.2 Å². The molecular formula is C25H20BrClN2O3. The van der Waals surface area contributed by atoms with Crippen LogP contribution in [0.25, 0.3) is 6.08 Å². The van der Waals surface area contributed by atoms with Crippen LogP contribution < -0.4 is 14.8 Å². The zero-order valence-electron chi connectivity index (χ0n) is 17.3. The van der Waals surface area contributed by atoms with Crippen molar-refractivity contribution in [3.05, 3.63) is 92.9 Å². The van der Waals surface area contributed by atoms with Gasteiger partial charge in [-0.3, -0.25) is 4.79 Å². The summed E-state index contributed by atoms with van der Waals surface area (Å²) in [6.07, 6.45) is 1.51. The fraction of sp³-hybridized carbons (Fsp3) is 0.120. The van der Waals surface area contributed by atoms with E-state index in [4.69, 9.17) is 21.1 Å². The van der Waals surface area contributed by atoms with Crippen molar-refractivity contribution >= 4 is 45.2 Å². The van der Waals surface area contributed by atoms with Gasteiger partial charge >= 0.3 is 0 Å². The van der Waals surface area contributed by atoms with Gasteiger partial charge in [-0.15, -0.1) is 0 Å². The summed E-state index contributed by atoms with van der Waals surface area (Å²) in [6, 6.07) is 21.7. The first-order chi connectivity index (χ1) is 15.5. The van der Waals surface area contributed by atoms with Crippen LogP contribution in [0.15, 0.2) is 76.8 Å². The zero-order chi connectivity index (χ0) is 22.9. The summed E-state index contributed by atoms with van der Waals surface area (Å²) in [5.74, 6) is 0.562. The maximum absolute atomic E-state index is 12.5. The number of nitriles is 1. The minimum Gasteiger partial charge on any atom is -0.490 e.